The number of thiophene rings is 1. The van der Waals surface area contributed by atoms with Gasteiger partial charge in [0.05, 0.1) is 4.99 Å². The van der Waals surface area contributed by atoms with Crippen molar-refractivity contribution in [2.45, 2.75) is 13.3 Å². The summed E-state index contributed by atoms with van der Waals surface area (Å²) >= 11 is 7.12. The number of para-hydroxylation sites is 1. The van der Waals surface area contributed by atoms with Gasteiger partial charge in [0.1, 0.15) is 0 Å². The van der Waals surface area contributed by atoms with E-state index in [-0.39, 0.29) is 0 Å². The molecule has 1 nitrogen and oxygen atoms in total. The highest BCUT2D eigenvalue weighted by molar-refractivity contribution is 7.80. The molecule has 0 aliphatic heterocycles. The van der Waals surface area contributed by atoms with Crippen LogP contribution in [-0.4, -0.2) is 4.99 Å². The lowest BCUT2D eigenvalue weighted by molar-refractivity contribution is 1.43. The fourth-order valence-corrected chi connectivity index (χ4v) is 2.73. The minimum Gasteiger partial charge on any atom is -0.350 e. The second-order valence-electron chi connectivity index (χ2n) is 3.60. The van der Waals surface area contributed by atoms with Gasteiger partial charge in [-0.05, 0) is 31.2 Å². The SMILES string of the molecule is Cc1ccc(CC(=S)Nc2ccccc2)s1. The van der Waals surface area contributed by atoms with Crippen LogP contribution in [0.15, 0.2) is 42.5 Å². The average Bonchev–Trinajstić information content (AvgIpc) is 2.65. The molecule has 3 heteroatoms. The first-order chi connectivity index (χ1) is 7.74. The molecule has 0 unspecified atom stereocenters. The van der Waals surface area contributed by atoms with E-state index < -0.39 is 0 Å². The molecule has 0 saturated heterocycles. The summed E-state index contributed by atoms with van der Waals surface area (Å²) in [6, 6.07) is 14.3. The van der Waals surface area contributed by atoms with Gasteiger partial charge in [0.15, 0.2) is 0 Å². The summed E-state index contributed by atoms with van der Waals surface area (Å²) in [5.74, 6) is 0. The Kier molecular flexibility index (Phi) is 3.70. The fourth-order valence-electron chi connectivity index (χ4n) is 1.47. The number of hydrogen-bond donors (Lipinski definition) is 1. The maximum atomic E-state index is 5.32. The van der Waals surface area contributed by atoms with E-state index in [0.29, 0.717) is 0 Å². The number of rotatable bonds is 3. The van der Waals surface area contributed by atoms with Crippen LogP contribution in [0.3, 0.4) is 0 Å². The van der Waals surface area contributed by atoms with Gasteiger partial charge in [-0.3, -0.25) is 0 Å². The lowest BCUT2D eigenvalue weighted by Gasteiger charge is -2.06. The highest BCUT2D eigenvalue weighted by Gasteiger charge is 2.01. The van der Waals surface area contributed by atoms with Crippen molar-refractivity contribution in [2.24, 2.45) is 0 Å². The molecule has 2 aromatic rings. The molecule has 1 aromatic carbocycles. The first-order valence-electron chi connectivity index (χ1n) is 5.14. The fraction of sp³-hybridized carbons (Fsp3) is 0.154. The van der Waals surface area contributed by atoms with Gasteiger partial charge in [0.2, 0.25) is 0 Å². The van der Waals surface area contributed by atoms with E-state index in [2.05, 4.69) is 24.4 Å². The lowest BCUT2D eigenvalue weighted by Crippen LogP contribution is -2.10. The molecule has 0 amide bonds. The van der Waals surface area contributed by atoms with Crippen molar-refractivity contribution in [3.05, 3.63) is 52.2 Å². The Morgan fingerprint density at radius 1 is 1.19 bits per heavy atom. The molecule has 0 atom stereocenters. The van der Waals surface area contributed by atoms with E-state index in [9.17, 15) is 0 Å². The van der Waals surface area contributed by atoms with Gasteiger partial charge < -0.3 is 5.32 Å². The first-order valence-corrected chi connectivity index (χ1v) is 6.37. The summed E-state index contributed by atoms with van der Waals surface area (Å²) < 4.78 is 0. The Morgan fingerprint density at radius 3 is 2.56 bits per heavy atom. The van der Waals surface area contributed by atoms with Gasteiger partial charge in [-0.15, -0.1) is 11.3 Å². The molecule has 1 aromatic heterocycles. The molecule has 0 spiro atoms. The van der Waals surface area contributed by atoms with Crippen molar-refractivity contribution in [3.8, 4) is 0 Å². The van der Waals surface area contributed by atoms with E-state index in [4.69, 9.17) is 12.2 Å². The van der Waals surface area contributed by atoms with Crippen molar-refractivity contribution in [2.75, 3.05) is 5.32 Å². The third-order valence-corrected chi connectivity index (χ3v) is 3.44. The predicted molar refractivity (Wildman–Crippen MR) is 75.4 cm³/mol. The number of aryl methyl sites for hydroxylation is 1. The Hall–Kier alpha value is -1.19. The van der Waals surface area contributed by atoms with Crippen LogP contribution < -0.4 is 5.32 Å². The molecule has 0 bridgehead atoms. The first kappa shape index (κ1) is 11.3. The zero-order valence-corrected chi connectivity index (χ0v) is 10.7. The Labute approximate surface area is 105 Å². The standard InChI is InChI=1S/C13H13NS2/c1-10-7-8-12(16-10)9-13(15)14-11-5-3-2-4-6-11/h2-8H,9H2,1H3,(H,14,15). The summed E-state index contributed by atoms with van der Waals surface area (Å²) in [6.07, 6.45) is 0.822. The molecule has 2 rings (SSSR count). The second-order valence-corrected chi connectivity index (χ2v) is 5.47. The molecular weight excluding hydrogens is 234 g/mol. The monoisotopic (exact) mass is 247 g/mol. The van der Waals surface area contributed by atoms with E-state index in [0.717, 1.165) is 17.1 Å². The van der Waals surface area contributed by atoms with Gasteiger partial charge in [-0.1, -0.05) is 30.4 Å². The second kappa shape index (κ2) is 5.23. The molecule has 16 heavy (non-hydrogen) atoms. The highest BCUT2D eigenvalue weighted by atomic mass is 32.1. The third kappa shape index (κ3) is 3.15. The Bertz CT molecular complexity index is 474. The van der Waals surface area contributed by atoms with Crippen molar-refractivity contribution < 1.29 is 0 Å². The van der Waals surface area contributed by atoms with Crippen molar-refractivity contribution in [1.29, 1.82) is 0 Å². The summed E-state index contributed by atoms with van der Waals surface area (Å²) in [7, 11) is 0. The van der Waals surface area contributed by atoms with Gasteiger partial charge in [0.25, 0.3) is 0 Å². The molecule has 1 N–H and O–H groups in total. The van der Waals surface area contributed by atoms with Crippen molar-refractivity contribution >= 4 is 34.2 Å². The average molecular weight is 247 g/mol. The van der Waals surface area contributed by atoms with Crippen LogP contribution in [0.25, 0.3) is 0 Å². The van der Waals surface area contributed by atoms with Crippen molar-refractivity contribution in [1.82, 2.24) is 0 Å². The van der Waals surface area contributed by atoms with Crippen LogP contribution in [0.2, 0.25) is 0 Å². The number of thiocarbonyl (C=S) groups is 1. The largest absolute Gasteiger partial charge is 0.350 e. The molecule has 82 valence electrons. The smallest absolute Gasteiger partial charge is 0.0849 e. The normalized spacial score (nSPS) is 10.1. The zero-order valence-electron chi connectivity index (χ0n) is 9.07. The molecule has 0 aliphatic rings. The Morgan fingerprint density at radius 2 is 1.94 bits per heavy atom. The maximum Gasteiger partial charge on any atom is 0.0849 e. The number of benzene rings is 1. The molecule has 0 saturated carbocycles. The lowest BCUT2D eigenvalue weighted by atomic mass is 10.3. The van der Waals surface area contributed by atoms with E-state index in [1.54, 1.807) is 11.3 Å². The van der Waals surface area contributed by atoms with E-state index in [1.807, 2.05) is 30.3 Å². The predicted octanol–water partition coefficient (Wildman–Crippen LogP) is 4.04. The van der Waals surface area contributed by atoms with Crippen LogP contribution in [0.4, 0.5) is 5.69 Å². The molecule has 1 heterocycles. The van der Waals surface area contributed by atoms with Gasteiger partial charge >= 0.3 is 0 Å². The summed E-state index contributed by atoms with van der Waals surface area (Å²) in [6.45, 7) is 2.11. The molecular formula is C13H13NS2. The molecule has 0 aliphatic carbocycles. The van der Waals surface area contributed by atoms with Gasteiger partial charge in [-0.25, -0.2) is 0 Å². The quantitative estimate of drug-likeness (QED) is 0.822. The summed E-state index contributed by atoms with van der Waals surface area (Å²) in [4.78, 5) is 3.51. The van der Waals surface area contributed by atoms with Crippen LogP contribution in [-0.2, 0) is 6.42 Å². The van der Waals surface area contributed by atoms with Crippen LogP contribution in [0.5, 0.6) is 0 Å². The van der Waals surface area contributed by atoms with Crippen LogP contribution >= 0.6 is 23.6 Å². The van der Waals surface area contributed by atoms with E-state index in [1.165, 1.54) is 9.75 Å². The highest BCUT2D eigenvalue weighted by Crippen LogP contribution is 2.16. The number of anilines is 1. The minimum absolute atomic E-state index is 0.822. The molecule has 0 radical (unpaired) electrons. The van der Waals surface area contributed by atoms with Gasteiger partial charge in [-0.2, -0.15) is 0 Å². The summed E-state index contributed by atoms with van der Waals surface area (Å²) in [5.41, 5.74) is 1.06. The topological polar surface area (TPSA) is 12.0 Å². The van der Waals surface area contributed by atoms with Crippen LogP contribution in [0.1, 0.15) is 9.75 Å². The third-order valence-electron chi connectivity index (χ3n) is 2.19. The zero-order chi connectivity index (χ0) is 11.4. The number of hydrogen-bond acceptors (Lipinski definition) is 2. The minimum atomic E-state index is 0.822. The Balaban J connectivity index is 1.95. The van der Waals surface area contributed by atoms with Crippen molar-refractivity contribution in [3.63, 3.8) is 0 Å². The van der Waals surface area contributed by atoms with Crippen LogP contribution in [0, 0.1) is 6.92 Å². The maximum absolute atomic E-state index is 5.32. The molecule has 0 fully saturated rings. The number of nitrogens with one attached hydrogen (secondary N) is 1. The summed E-state index contributed by atoms with van der Waals surface area (Å²) in [5, 5.41) is 3.24. The van der Waals surface area contributed by atoms with Gasteiger partial charge in [0, 0.05) is 21.9 Å². The van der Waals surface area contributed by atoms with E-state index >= 15 is 0 Å².